The second-order valence-electron chi connectivity index (χ2n) is 4.78. The van der Waals surface area contributed by atoms with Crippen LogP contribution in [0.4, 0.5) is 4.39 Å². The zero-order chi connectivity index (χ0) is 14.5. The number of aromatic nitrogens is 1. The van der Waals surface area contributed by atoms with E-state index >= 15 is 0 Å². The molecule has 0 aliphatic carbocycles. The van der Waals surface area contributed by atoms with Gasteiger partial charge in [-0.15, -0.1) is 0 Å². The van der Waals surface area contributed by atoms with Crippen LogP contribution in [0.15, 0.2) is 42.7 Å². The molecule has 1 aromatic heterocycles. The minimum Gasteiger partial charge on any atom is -0.494 e. The predicted octanol–water partition coefficient (Wildman–Crippen LogP) is 3.64. The quantitative estimate of drug-likeness (QED) is 0.903. The second kappa shape index (κ2) is 6.48. The fourth-order valence-corrected chi connectivity index (χ4v) is 2.17. The van der Waals surface area contributed by atoms with Gasteiger partial charge in [0.15, 0.2) is 11.6 Å². The predicted molar refractivity (Wildman–Crippen MR) is 77.2 cm³/mol. The molecule has 0 spiro atoms. The topological polar surface area (TPSA) is 34.1 Å². The molecule has 0 saturated carbocycles. The first kappa shape index (κ1) is 14.5. The first-order chi connectivity index (χ1) is 9.61. The summed E-state index contributed by atoms with van der Waals surface area (Å²) >= 11 is 0. The largest absolute Gasteiger partial charge is 0.494 e. The van der Waals surface area contributed by atoms with E-state index in [1.807, 2.05) is 25.1 Å². The van der Waals surface area contributed by atoms with E-state index in [9.17, 15) is 4.39 Å². The summed E-state index contributed by atoms with van der Waals surface area (Å²) in [6.07, 6.45) is 3.54. The van der Waals surface area contributed by atoms with Crippen molar-refractivity contribution in [2.24, 2.45) is 0 Å². The number of hydrogen-bond acceptors (Lipinski definition) is 3. The van der Waals surface area contributed by atoms with Crippen molar-refractivity contribution in [1.82, 2.24) is 10.3 Å². The lowest BCUT2D eigenvalue weighted by Crippen LogP contribution is -2.22. The first-order valence-corrected chi connectivity index (χ1v) is 6.61. The molecule has 1 aromatic carbocycles. The average Bonchev–Trinajstić information content (AvgIpc) is 2.48. The minimum atomic E-state index is -0.338. The lowest BCUT2D eigenvalue weighted by molar-refractivity contribution is 0.385. The SMILES string of the molecule is COc1ccc(C(C)NC(C)c2ccncc2)cc1F. The van der Waals surface area contributed by atoms with Crippen molar-refractivity contribution in [2.75, 3.05) is 7.11 Å². The van der Waals surface area contributed by atoms with Crippen LogP contribution in [0.5, 0.6) is 5.75 Å². The highest BCUT2D eigenvalue weighted by Crippen LogP contribution is 2.23. The zero-order valence-corrected chi connectivity index (χ0v) is 11.9. The fourth-order valence-electron chi connectivity index (χ4n) is 2.17. The molecule has 1 N–H and O–H groups in total. The van der Waals surface area contributed by atoms with Crippen LogP contribution in [0.25, 0.3) is 0 Å². The van der Waals surface area contributed by atoms with E-state index in [1.165, 1.54) is 13.2 Å². The van der Waals surface area contributed by atoms with Crippen molar-refractivity contribution in [3.05, 3.63) is 59.7 Å². The van der Waals surface area contributed by atoms with Crippen LogP contribution in [0.2, 0.25) is 0 Å². The summed E-state index contributed by atoms with van der Waals surface area (Å²) in [5.74, 6) is -0.0710. The molecule has 0 aliphatic rings. The van der Waals surface area contributed by atoms with E-state index < -0.39 is 0 Å². The van der Waals surface area contributed by atoms with E-state index in [0.29, 0.717) is 0 Å². The Morgan fingerprint density at radius 2 is 1.70 bits per heavy atom. The van der Waals surface area contributed by atoms with Crippen LogP contribution in [-0.2, 0) is 0 Å². The average molecular weight is 274 g/mol. The van der Waals surface area contributed by atoms with Gasteiger partial charge >= 0.3 is 0 Å². The van der Waals surface area contributed by atoms with Crippen molar-refractivity contribution in [3.63, 3.8) is 0 Å². The molecule has 20 heavy (non-hydrogen) atoms. The maximum absolute atomic E-state index is 13.7. The molecule has 3 nitrogen and oxygen atoms in total. The van der Waals surface area contributed by atoms with Crippen LogP contribution in [0, 0.1) is 5.82 Å². The van der Waals surface area contributed by atoms with Crippen molar-refractivity contribution in [2.45, 2.75) is 25.9 Å². The summed E-state index contributed by atoms with van der Waals surface area (Å²) in [4.78, 5) is 4.00. The van der Waals surface area contributed by atoms with Crippen molar-refractivity contribution in [3.8, 4) is 5.75 Å². The first-order valence-electron chi connectivity index (χ1n) is 6.61. The van der Waals surface area contributed by atoms with Gasteiger partial charge in [0, 0.05) is 24.5 Å². The van der Waals surface area contributed by atoms with Gasteiger partial charge in [0.2, 0.25) is 0 Å². The maximum atomic E-state index is 13.7. The Morgan fingerprint density at radius 1 is 1.05 bits per heavy atom. The molecule has 2 aromatic rings. The van der Waals surface area contributed by atoms with Gasteiger partial charge in [-0.05, 0) is 49.2 Å². The number of hydrogen-bond donors (Lipinski definition) is 1. The highest BCUT2D eigenvalue weighted by Gasteiger charge is 2.13. The number of halogens is 1. The van der Waals surface area contributed by atoms with Gasteiger partial charge in [-0.1, -0.05) is 6.07 Å². The third-order valence-corrected chi connectivity index (χ3v) is 3.38. The molecule has 0 aliphatic heterocycles. The Balaban J connectivity index is 2.08. The molecule has 2 atom stereocenters. The van der Waals surface area contributed by atoms with Crippen LogP contribution < -0.4 is 10.1 Å². The number of benzene rings is 1. The minimum absolute atomic E-state index is 0.0403. The van der Waals surface area contributed by atoms with Crippen molar-refractivity contribution in [1.29, 1.82) is 0 Å². The standard InChI is InChI=1S/C16H19FN2O/c1-11(13-6-8-18-9-7-13)19-12(2)14-4-5-16(20-3)15(17)10-14/h4-12,19H,1-3H3. The Labute approximate surface area is 118 Å². The Bertz CT molecular complexity index is 560. The summed E-state index contributed by atoms with van der Waals surface area (Å²) in [7, 11) is 1.46. The number of nitrogens with zero attached hydrogens (tertiary/aromatic N) is 1. The highest BCUT2D eigenvalue weighted by molar-refractivity contribution is 5.31. The molecule has 0 saturated heterocycles. The number of methoxy groups -OCH3 is 1. The number of ether oxygens (including phenoxy) is 1. The van der Waals surface area contributed by atoms with Gasteiger partial charge in [0.25, 0.3) is 0 Å². The normalized spacial score (nSPS) is 13.8. The van der Waals surface area contributed by atoms with E-state index in [2.05, 4.69) is 17.2 Å². The summed E-state index contributed by atoms with van der Waals surface area (Å²) in [5, 5.41) is 3.44. The summed E-state index contributed by atoms with van der Waals surface area (Å²) in [5.41, 5.74) is 2.05. The smallest absolute Gasteiger partial charge is 0.165 e. The molecular formula is C16H19FN2O. The highest BCUT2D eigenvalue weighted by atomic mass is 19.1. The fraction of sp³-hybridized carbons (Fsp3) is 0.312. The number of rotatable bonds is 5. The van der Waals surface area contributed by atoms with Crippen LogP contribution in [-0.4, -0.2) is 12.1 Å². The van der Waals surface area contributed by atoms with Crippen molar-refractivity contribution < 1.29 is 9.13 Å². The van der Waals surface area contributed by atoms with Crippen LogP contribution in [0.3, 0.4) is 0 Å². The number of pyridine rings is 1. The molecule has 1 heterocycles. The Morgan fingerprint density at radius 3 is 2.30 bits per heavy atom. The van der Waals surface area contributed by atoms with Crippen LogP contribution >= 0.6 is 0 Å². The maximum Gasteiger partial charge on any atom is 0.165 e. The van der Waals surface area contributed by atoms with Crippen molar-refractivity contribution >= 4 is 0 Å². The summed E-state index contributed by atoms with van der Waals surface area (Å²) in [6.45, 7) is 4.09. The second-order valence-corrected chi connectivity index (χ2v) is 4.78. The van der Waals surface area contributed by atoms with Gasteiger partial charge < -0.3 is 10.1 Å². The van der Waals surface area contributed by atoms with Gasteiger partial charge in [0.05, 0.1) is 7.11 Å². The molecule has 0 bridgehead atoms. The van der Waals surface area contributed by atoms with Crippen LogP contribution in [0.1, 0.15) is 37.1 Å². The zero-order valence-electron chi connectivity index (χ0n) is 11.9. The monoisotopic (exact) mass is 274 g/mol. The van der Waals surface area contributed by atoms with Gasteiger partial charge in [-0.3, -0.25) is 4.98 Å². The third kappa shape index (κ3) is 3.33. The number of nitrogens with one attached hydrogen (secondary N) is 1. The Hall–Kier alpha value is -1.94. The van der Waals surface area contributed by atoms with Gasteiger partial charge in [-0.25, -0.2) is 4.39 Å². The lowest BCUT2D eigenvalue weighted by atomic mass is 10.0. The van der Waals surface area contributed by atoms with Gasteiger partial charge in [0.1, 0.15) is 0 Å². The molecular weight excluding hydrogens is 255 g/mol. The molecule has 0 amide bonds. The Kier molecular flexibility index (Phi) is 4.69. The summed E-state index contributed by atoms with van der Waals surface area (Å²) in [6, 6.07) is 9.18. The van der Waals surface area contributed by atoms with E-state index in [4.69, 9.17) is 4.74 Å². The van der Waals surface area contributed by atoms with E-state index in [0.717, 1.165) is 11.1 Å². The van der Waals surface area contributed by atoms with Gasteiger partial charge in [-0.2, -0.15) is 0 Å². The molecule has 2 unspecified atom stereocenters. The molecule has 2 rings (SSSR count). The molecule has 0 radical (unpaired) electrons. The van der Waals surface area contributed by atoms with E-state index in [-0.39, 0.29) is 23.7 Å². The molecule has 4 heteroatoms. The summed E-state index contributed by atoms with van der Waals surface area (Å²) < 4.78 is 18.6. The third-order valence-electron chi connectivity index (χ3n) is 3.38. The lowest BCUT2D eigenvalue weighted by Gasteiger charge is -2.21. The van der Waals surface area contributed by atoms with E-state index in [1.54, 1.807) is 18.5 Å². The molecule has 106 valence electrons. The molecule has 0 fully saturated rings.